The number of fused-ring (bicyclic) bond motifs is 14. The van der Waals surface area contributed by atoms with Crippen LogP contribution in [0.3, 0.4) is 0 Å². The maximum absolute atomic E-state index is 6.70. The van der Waals surface area contributed by atoms with Gasteiger partial charge in [-0.15, -0.1) is 11.3 Å². The summed E-state index contributed by atoms with van der Waals surface area (Å²) in [5.74, 6) is 0. The summed E-state index contributed by atoms with van der Waals surface area (Å²) in [5, 5.41) is 4.83. The third-order valence-electron chi connectivity index (χ3n) is 17.4. The number of anilines is 12. The largest absolute Gasteiger partial charge is 0.456 e. The molecule has 0 unspecified atom stereocenters. The van der Waals surface area contributed by atoms with Gasteiger partial charge in [0.15, 0.2) is 0 Å². The summed E-state index contributed by atoms with van der Waals surface area (Å²) in [6.45, 7) is 0.0388. The highest BCUT2D eigenvalue weighted by Crippen LogP contribution is 2.49. The molecule has 0 bridgehead atoms. The smallest absolute Gasteiger partial charge is 0.252 e. The van der Waals surface area contributed by atoms with Crippen molar-refractivity contribution >= 4 is 168 Å². The van der Waals surface area contributed by atoms with Gasteiger partial charge in [-0.3, -0.25) is 0 Å². The predicted octanol–water partition coefficient (Wildman–Crippen LogP) is 15.8. The molecule has 0 saturated heterocycles. The Balaban J connectivity index is 0.804. The number of benzene rings is 12. The van der Waals surface area contributed by atoms with Gasteiger partial charge in [0.2, 0.25) is 0 Å². The van der Waals surface area contributed by atoms with E-state index in [9.17, 15) is 0 Å². The molecule has 0 radical (unpaired) electrons. The minimum atomic E-state index is -0.00118. The number of hydrogen-bond donors (Lipinski definition) is 0. The lowest BCUT2D eigenvalue weighted by atomic mass is 9.33. The maximum Gasteiger partial charge on any atom is 0.252 e. The number of thiophene rings is 1. The molecule has 80 heavy (non-hydrogen) atoms. The monoisotopic (exact) mass is 1030 g/mol. The molecule has 14 aromatic rings. The van der Waals surface area contributed by atoms with Gasteiger partial charge in [-0.05, 0) is 152 Å². The Hall–Kier alpha value is -10.0. The average Bonchev–Trinajstić information content (AvgIpc) is 3.80. The Morgan fingerprint density at radius 1 is 0.263 bits per heavy atom. The minimum absolute atomic E-state index is 0.00118. The first kappa shape index (κ1) is 44.0. The quantitative estimate of drug-likeness (QED) is 0.160. The lowest BCUT2D eigenvalue weighted by Gasteiger charge is -2.44. The van der Waals surface area contributed by atoms with Crippen molar-refractivity contribution in [1.29, 1.82) is 0 Å². The number of para-hydroxylation sites is 6. The zero-order valence-electron chi connectivity index (χ0n) is 43.2. The van der Waals surface area contributed by atoms with Gasteiger partial charge in [-0.1, -0.05) is 158 Å². The Labute approximate surface area is 467 Å². The van der Waals surface area contributed by atoms with Gasteiger partial charge >= 0.3 is 0 Å². The molecule has 0 saturated carbocycles. The number of furan rings is 1. The molecule has 0 atom stereocenters. The van der Waals surface area contributed by atoms with Crippen molar-refractivity contribution in [2.75, 3.05) is 19.6 Å². The highest BCUT2D eigenvalue weighted by Gasteiger charge is 2.45. The number of hydrogen-bond acceptors (Lipinski definition) is 6. The second-order valence-electron chi connectivity index (χ2n) is 21.5. The van der Waals surface area contributed by atoms with E-state index in [2.05, 4.69) is 287 Å². The van der Waals surface area contributed by atoms with Crippen molar-refractivity contribution in [2.45, 2.75) is 0 Å². The maximum atomic E-state index is 6.70. The zero-order valence-corrected chi connectivity index (χ0v) is 44.0. The van der Waals surface area contributed by atoms with Crippen molar-refractivity contribution < 1.29 is 4.42 Å². The summed E-state index contributed by atoms with van der Waals surface area (Å²) in [4.78, 5) is 9.91. The van der Waals surface area contributed by atoms with Crippen molar-refractivity contribution in [3.05, 3.63) is 267 Å². The van der Waals surface area contributed by atoms with Crippen LogP contribution in [-0.2, 0) is 0 Å². The molecule has 2 aromatic heterocycles. The van der Waals surface area contributed by atoms with Crippen LogP contribution in [0.15, 0.2) is 271 Å². The van der Waals surface area contributed by atoms with E-state index in [0.29, 0.717) is 0 Å². The van der Waals surface area contributed by atoms with Crippen LogP contribution in [0.5, 0.6) is 0 Å². The second-order valence-corrected chi connectivity index (χ2v) is 22.6. The van der Waals surface area contributed by atoms with Crippen LogP contribution in [0.4, 0.5) is 68.2 Å². The Kier molecular flexibility index (Phi) is 9.22. The Morgan fingerprint density at radius 2 is 0.713 bits per heavy atom. The zero-order chi connectivity index (χ0) is 52.2. The molecule has 5 nitrogen and oxygen atoms in total. The minimum Gasteiger partial charge on any atom is -0.456 e. The number of rotatable bonds is 5. The lowest BCUT2D eigenvalue weighted by molar-refractivity contribution is 0.669. The summed E-state index contributed by atoms with van der Waals surface area (Å²) in [6.07, 6.45) is 0. The molecule has 8 heteroatoms. The molecule has 370 valence electrons. The standard InChI is InChI=1S/C72H44B2N4OS/c1-4-20-47(21-5-1)75-60-31-14-12-29-56(60)74-58-42-54-52-38-37-46(40-69(52)80-70(54)44-66(58)77(49-24-8-3-9-25-49)63-34-17-32-61(75)71(63)74)45-19-16-26-50(39-45)78-64-35-18-33-62-72(64)73(55-28-11-13-30-59(55)76(62)48-22-6-2-7-23-48)57-41-53-51-27-10-15-36-67(51)79-68(53)43-65(57)78/h1-44H. The summed E-state index contributed by atoms with van der Waals surface area (Å²) >= 11 is 1.89. The van der Waals surface area contributed by atoms with Crippen LogP contribution in [0, 0.1) is 0 Å². The van der Waals surface area contributed by atoms with E-state index in [1.54, 1.807) is 0 Å². The van der Waals surface area contributed by atoms with Crippen LogP contribution >= 0.6 is 11.3 Å². The predicted molar refractivity (Wildman–Crippen MR) is 340 cm³/mol. The lowest BCUT2D eigenvalue weighted by Crippen LogP contribution is -2.61. The SMILES string of the molecule is c1ccc(N2c3ccccc3B3c4cc5c(cc4N(c4cccc(-c6ccc7c(c6)sc6cc8c(cc67)B6c7ccccc7N(c7ccccc7)c7cccc(c76)N8c6ccccc6)c4)c4cccc2c43)oc2ccccc25)cc1. The van der Waals surface area contributed by atoms with Crippen LogP contribution in [0.2, 0.25) is 0 Å². The average molecular weight is 1030 g/mol. The summed E-state index contributed by atoms with van der Waals surface area (Å²) in [6, 6.07) is 98.7. The highest BCUT2D eigenvalue weighted by atomic mass is 32.1. The van der Waals surface area contributed by atoms with Gasteiger partial charge < -0.3 is 24.0 Å². The fraction of sp³-hybridized carbons (Fsp3) is 0. The molecule has 4 aliphatic heterocycles. The molecule has 18 rings (SSSR count). The van der Waals surface area contributed by atoms with Gasteiger partial charge in [0.1, 0.15) is 11.2 Å². The first-order valence-corrected chi connectivity index (χ1v) is 28.4. The van der Waals surface area contributed by atoms with E-state index < -0.39 is 0 Å². The van der Waals surface area contributed by atoms with Crippen LogP contribution < -0.4 is 52.4 Å². The first-order chi connectivity index (χ1) is 39.7. The molecule has 12 aromatic carbocycles. The van der Waals surface area contributed by atoms with E-state index in [1.807, 2.05) is 11.3 Å². The third-order valence-corrected chi connectivity index (χ3v) is 18.5. The third kappa shape index (κ3) is 6.19. The van der Waals surface area contributed by atoms with Crippen molar-refractivity contribution in [3.63, 3.8) is 0 Å². The number of nitrogens with zero attached hydrogens (tertiary/aromatic N) is 4. The normalized spacial score (nSPS) is 13.6. The van der Waals surface area contributed by atoms with E-state index >= 15 is 0 Å². The first-order valence-electron chi connectivity index (χ1n) is 27.6. The van der Waals surface area contributed by atoms with Crippen molar-refractivity contribution in [2.24, 2.45) is 0 Å². The van der Waals surface area contributed by atoms with Crippen molar-refractivity contribution in [3.8, 4) is 11.1 Å². The molecule has 0 amide bonds. The summed E-state index contributed by atoms with van der Waals surface area (Å²) in [7, 11) is 0. The summed E-state index contributed by atoms with van der Waals surface area (Å²) < 4.78 is 9.24. The molecular formula is C72H44B2N4OS. The molecular weight excluding hydrogens is 991 g/mol. The van der Waals surface area contributed by atoms with Gasteiger partial charge in [-0.25, -0.2) is 0 Å². The van der Waals surface area contributed by atoms with E-state index in [1.165, 1.54) is 98.3 Å². The van der Waals surface area contributed by atoms with Gasteiger partial charge in [0, 0.05) is 99.9 Å². The van der Waals surface area contributed by atoms with E-state index in [0.717, 1.165) is 55.9 Å². The molecule has 6 heterocycles. The van der Waals surface area contributed by atoms with E-state index in [-0.39, 0.29) is 13.4 Å². The Morgan fingerprint density at radius 3 is 1.32 bits per heavy atom. The molecule has 0 spiro atoms. The molecule has 0 N–H and O–H groups in total. The van der Waals surface area contributed by atoms with Crippen LogP contribution in [-0.4, -0.2) is 13.4 Å². The van der Waals surface area contributed by atoms with Crippen LogP contribution in [0.1, 0.15) is 0 Å². The fourth-order valence-electron chi connectivity index (χ4n) is 14.1. The molecule has 4 aliphatic rings. The molecule has 0 fully saturated rings. The second kappa shape index (κ2) is 16.7. The Bertz CT molecular complexity index is 4900. The van der Waals surface area contributed by atoms with Crippen LogP contribution in [0.25, 0.3) is 53.2 Å². The van der Waals surface area contributed by atoms with Crippen molar-refractivity contribution in [1.82, 2.24) is 0 Å². The van der Waals surface area contributed by atoms with Gasteiger partial charge in [0.25, 0.3) is 13.4 Å². The topological polar surface area (TPSA) is 26.1 Å². The highest BCUT2D eigenvalue weighted by molar-refractivity contribution is 7.26. The van der Waals surface area contributed by atoms with Gasteiger partial charge in [0.05, 0.1) is 0 Å². The van der Waals surface area contributed by atoms with E-state index in [4.69, 9.17) is 4.42 Å². The fourth-order valence-corrected chi connectivity index (χ4v) is 15.3. The van der Waals surface area contributed by atoms with Gasteiger partial charge in [-0.2, -0.15) is 0 Å². The summed E-state index contributed by atoms with van der Waals surface area (Å²) in [5.41, 5.74) is 26.0. The molecule has 0 aliphatic carbocycles.